The van der Waals surface area contributed by atoms with Crippen LogP contribution in [-0.4, -0.2) is 38.4 Å². The van der Waals surface area contributed by atoms with Gasteiger partial charge in [-0.05, 0) is 37.3 Å². The number of aliphatic hydroxyl groups is 1. The van der Waals surface area contributed by atoms with E-state index in [1.165, 1.54) is 30.6 Å². The van der Waals surface area contributed by atoms with Gasteiger partial charge >= 0.3 is 6.18 Å². The van der Waals surface area contributed by atoms with Crippen LogP contribution >= 0.6 is 0 Å². The number of carbonyl (C=O) groups is 1. The van der Waals surface area contributed by atoms with Gasteiger partial charge in [-0.2, -0.15) is 23.0 Å². The number of hydrogen-bond donors (Lipinski definition) is 2. The third-order valence-corrected chi connectivity index (χ3v) is 4.21. The zero-order chi connectivity index (χ0) is 21.9. The Hall–Kier alpha value is -3.53. The Morgan fingerprint density at radius 3 is 2.50 bits per heavy atom. The Kier molecular flexibility index (Phi) is 5.97. The lowest BCUT2D eigenvalue weighted by Gasteiger charge is -2.14. The molecule has 2 aromatic heterocycles. The summed E-state index contributed by atoms with van der Waals surface area (Å²) < 4.78 is 39.5. The van der Waals surface area contributed by atoms with Crippen molar-refractivity contribution in [2.24, 2.45) is 0 Å². The number of halogens is 3. The van der Waals surface area contributed by atoms with Crippen molar-refractivity contribution < 1.29 is 23.1 Å². The summed E-state index contributed by atoms with van der Waals surface area (Å²) in [6.45, 7) is 1.22. The molecule has 7 nitrogen and oxygen atoms in total. The summed E-state index contributed by atoms with van der Waals surface area (Å²) in [5.74, 6) is -0.741. The highest BCUT2D eigenvalue weighted by Gasteiger charge is 2.30. The third-order valence-electron chi connectivity index (χ3n) is 4.21. The monoisotopic (exact) mass is 418 g/mol. The second kappa shape index (κ2) is 8.46. The van der Waals surface area contributed by atoms with Gasteiger partial charge in [0.25, 0.3) is 11.5 Å². The first-order chi connectivity index (χ1) is 14.2. The zero-order valence-electron chi connectivity index (χ0n) is 15.7. The van der Waals surface area contributed by atoms with Crippen molar-refractivity contribution >= 4 is 5.91 Å². The van der Waals surface area contributed by atoms with Gasteiger partial charge in [0.1, 0.15) is 5.56 Å². The van der Waals surface area contributed by atoms with Crippen molar-refractivity contribution in [1.82, 2.24) is 20.1 Å². The van der Waals surface area contributed by atoms with Crippen molar-refractivity contribution in [3.63, 3.8) is 0 Å². The molecule has 0 aliphatic rings. The molecule has 1 atom stereocenters. The molecular formula is C20H17F3N4O3. The number of carbonyl (C=O) groups excluding carboxylic acids is 1. The van der Waals surface area contributed by atoms with Crippen LogP contribution in [0.15, 0.2) is 59.7 Å². The molecule has 3 aromatic rings. The second-order valence-electron chi connectivity index (χ2n) is 6.50. The molecule has 3 rings (SSSR count). The summed E-state index contributed by atoms with van der Waals surface area (Å²) in [5, 5.41) is 15.8. The van der Waals surface area contributed by atoms with Crippen molar-refractivity contribution in [1.29, 1.82) is 0 Å². The number of aliphatic hydroxyl groups excluding tert-OH is 1. The summed E-state index contributed by atoms with van der Waals surface area (Å²) in [5.41, 5.74) is -1.16. The fourth-order valence-corrected chi connectivity index (χ4v) is 2.63. The summed E-state index contributed by atoms with van der Waals surface area (Å²) in [6.07, 6.45) is -1.64. The maximum Gasteiger partial charge on any atom is 0.416 e. The average molecular weight is 418 g/mol. The van der Waals surface area contributed by atoms with Crippen LogP contribution in [0.5, 0.6) is 0 Å². The normalized spacial score (nSPS) is 12.4. The van der Waals surface area contributed by atoms with Gasteiger partial charge < -0.3 is 10.4 Å². The smallest absolute Gasteiger partial charge is 0.394 e. The minimum absolute atomic E-state index is 0.119. The maximum atomic E-state index is 12.9. The van der Waals surface area contributed by atoms with Gasteiger partial charge in [0.15, 0.2) is 0 Å². The molecular weight excluding hydrogens is 401 g/mol. The SMILES string of the molecule is C[C@@H](CO)NC(=O)c1cc(-c2ccc(C(F)(F)F)cc2)nn(-c2cccnc2)c1=O. The van der Waals surface area contributed by atoms with E-state index < -0.39 is 29.2 Å². The van der Waals surface area contributed by atoms with Gasteiger partial charge in [0.05, 0.1) is 29.7 Å². The maximum absolute atomic E-state index is 12.9. The van der Waals surface area contributed by atoms with Crippen LogP contribution in [-0.2, 0) is 6.18 Å². The molecule has 1 aromatic carbocycles. The molecule has 10 heteroatoms. The van der Waals surface area contributed by atoms with Gasteiger partial charge in [-0.1, -0.05) is 12.1 Å². The molecule has 1 amide bonds. The zero-order valence-corrected chi connectivity index (χ0v) is 15.7. The van der Waals surface area contributed by atoms with Crippen molar-refractivity contribution in [2.45, 2.75) is 19.1 Å². The van der Waals surface area contributed by atoms with Gasteiger partial charge in [-0.25, -0.2) is 0 Å². The molecule has 30 heavy (non-hydrogen) atoms. The van der Waals surface area contributed by atoms with E-state index in [9.17, 15) is 22.8 Å². The van der Waals surface area contributed by atoms with Crippen LogP contribution < -0.4 is 10.9 Å². The number of pyridine rings is 1. The van der Waals surface area contributed by atoms with Crippen LogP contribution in [0.4, 0.5) is 13.2 Å². The molecule has 0 aliphatic heterocycles. The van der Waals surface area contributed by atoms with Crippen molar-refractivity contribution in [2.75, 3.05) is 6.61 Å². The molecule has 0 saturated carbocycles. The van der Waals surface area contributed by atoms with Crippen molar-refractivity contribution in [3.05, 3.63) is 76.3 Å². The van der Waals surface area contributed by atoms with E-state index in [0.717, 1.165) is 16.8 Å². The molecule has 0 fully saturated rings. The first kappa shape index (κ1) is 21.2. The van der Waals surface area contributed by atoms with Crippen molar-refractivity contribution in [3.8, 4) is 16.9 Å². The largest absolute Gasteiger partial charge is 0.416 e. The first-order valence-corrected chi connectivity index (χ1v) is 8.85. The molecule has 2 heterocycles. The molecule has 2 N–H and O–H groups in total. The first-order valence-electron chi connectivity index (χ1n) is 8.85. The predicted molar refractivity (Wildman–Crippen MR) is 102 cm³/mol. The molecule has 0 unspecified atom stereocenters. The van der Waals surface area contributed by atoms with E-state index in [-0.39, 0.29) is 29.1 Å². The van der Waals surface area contributed by atoms with Crippen LogP contribution in [0.2, 0.25) is 0 Å². The van der Waals surface area contributed by atoms with Gasteiger partial charge in [-0.15, -0.1) is 0 Å². The van der Waals surface area contributed by atoms with E-state index in [1.807, 2.05) is 0 Å². The number of hydrogen-bond acceptors (Lipinski definition) is 5. The fraction of sp³-hybridized carbons (Fsp3) is 0.200. The number of aromatic nitrogens is 3. The van der Waals surface area contributed by atoms with Gasteiger partial charge in [0.2, 0.25) is 0 Å². The number of benzene rings is 1. The Bertz CT molecular complexity index is 1100. The third kappa shape index (κ3) is 4.54. The Labute approximate surface area is 168 Å². The summed E-state index contributed by atoms with van der Waals surface area (Å²) in [7, 11) is 0. The Morgan fingerprint density at radius 2 is 1.93 bits per heavy atom. The fourth-order valence-electron chi connectivity index (χ4n) is 2.63. The van der Waals surface area contributed by atoms with Gasteiger partial charge in [0, 0.05) is 17.8 Å². The lowest BCUT2D eigenvalue weighted by Crippen LogP contribution is -2.39. The number of alkyl halides is 3. The second-order valence-corrected chi connectivity index (χ2v) is 6.50. The van der Waals surface area contributed by atoms with Crippen LogP contribution in [0, 0.1) is 0 Å². The van der Waals surface area contributed by atoms with E-state index in [1.54, 1.807) is 19.1 Å². The van der Waals surface area contributed by atoms with E-state index in [2.05, 4.69) is 15.4 Å². The lowest BCUT2D eigenvalue weighted by molar-refractivity contribution is -0.137. The summed E-state index contributed by atoms with van der Waals surface area (Å²) >= 11 is 0. The lowest BCUT2D eigenvalue weighted by atomic mass is 10.1. The highest BCUT2D eigenvalue weighted by atomic mass is 19.4. The molecule has 0 radical (unpaired) electrons. The molecule has 0 aliphatic carbocycles. The number of rotatable bonds is 5. The molecule has 156 valence electrons. The molecule has 0 spiro atoms. The topological polar surface area (TPSA) is 97.1 Å². The average Bonchev–Trinajstić information content (AvgIpc) is 2.73. The van der Waals surface area contributed by atoms with Crippen LogP contribution in [0.25, 0.3) is 16.9 Å². The van der Waals surface area contributed by atoms with Crippen LogP contribution in [0.3, 0.4) is 0 Å². The van der Waals surface area contributed by atoms with Crippen LogP contribution in [0.1, 0.15) is 22.8 Å². The highest BCUT2D eigenvalue weighted by Crippen LogP contribution is 2.30. The minimum Gasteiger partial charge on any atom is -0.394 e. The Morgan fingerprint density at radius 1 is 1.23 bits per heavy atom. The highest BCUT2D eigenvalue weighted by molar-refractivity contribution is 5.95. The Balaban J connectivity index is 2.14. The number of amides is 1. The van der Waals surface area contributed by atoms with Gasteiger partial charge in [-0.3, -0.25) is 14.6 Å². The molecule has 0 bridgehead atoms. The quantitative estimate of drug-likeness (QED) is 0.663. The van der Waals surface area contributed by atoms with E-state index >= 15 is 0 Å². The molecule has 0 saturated heterocycles. The number of nitrogens with zero attached hydrogens (tertiary/aromatic N) is 3. The minimum atomic E-state index is -4.49. The summed E-state index contributed by atoms with van der Waals surface area (Å²) in [6, 6.07) is 7.93. The summed E-state index contributed by atoms with van der Waals surface area (Å²) in [4.78, 5) is 29.3. The van der Waals surface area contributed by atoms with E-state index in [4.69, 9.17) is 5.11 Å². The number of nitrogens with one attached hydrogen (secondary N) is 1. The predicted octanol–water partition coefficient (Wildman–Crippen LogP) is 2.42. The van der Waals surface area contributed by atoms with E-state index in [0.29, 0.717) is 0 Å². The standard InChI is InChI=1S/C20H17F3N4O3/c1-12(11-28)25-18(29)16-9-17(13-4-6-14(7-5-13)20(21,22)23)26-27(19(16)30)15-3-2-8-24-10-15/h2-10,12,28H,11H2,1H3,(H,25,29)/t12-/m0/s1.